The molecule has 3 rings (SSSR count). The minimum absolute atomic E-state index is 0.0300. The van der Waals surface area contributed by atoms with E-state index in [0.717, 1.165) is 12.8 Å². The predicted molar refractivity (Wildman–Crippen MR) is 72.1 cm³/mol. The van der Waals surface area contributed by atoms with Crippen LogP contribution < -0.4 is 0 Å². The zero-order valence-electron chi connectivity index (χ0n) is 10.7. The van der Waals surface area contributed by atoms with Gasteiger partial charge in [-0.3, -0.25) is 4.79 Å². The van der Waals surface area contributed by atoms with Gasteiger partial charge in [0.2, 0.25) is 0 Å². The summed E-state index contributed by atoms with van der Waals surface area (Å²) in [5, 5.41) is 8.82. The largest absolute Gasteiger partial charge is 0.481 e. The molecule has 1 aliphatic carbocycles. The standard InChI is InChI=1S/C13H14N2O4S/c16-12(17)7-8-15(9-5-6-9)13-10-3-1-2-4-11(10)20(18,19)14-13/h1-4,9H,5-8H2,(H,16,17). The highest BCUT2D eigenvalue weighted by atomic mass is 32.2. The average Bonchev–Trinajstić information content (AvgIpc) is 3.18. The Balaban J connectivity index is 1.98. The molecule has 0 radical (unpaired) electrons. The molecule has 1 N–H and O–H groups in total. The van der Waals surface area contributed by atoms with Crippen molar-refractivity contribution in [3.63, 3.8) is 0 Å². The lowest BCUT2D eigenvalue weighted by atomic mass is 10.2. The maximum Gasteiger partial charge on any atom is 0.305 e. The number of carboxylic acid groups (broad SMARTS) is 1. The molecular weight excluding hydrogens is 280 g/mol. The molecule has 2 aliphatic rings. The van der Waals surface area contributed by atoms with Crippen LogP contribution in [0.15, 0.2) is 33.6 Å². The summed E-state index contributed by atoms with van der Waals surface area (Å²) in [6.45, 7) is 0.280. The first kappa shape index (κ1) is 13.1. The lowest BCUT2D eigenvalue weighted by molar-refractivity contribution is -0.137. The fraction of sp³-hybridized carbons (Fsp3) is 0.385. The molecule has 0 amide bonds. The second-order valence-corrected chi connectivity index (χ2v) is 6.53. The van der Waals surface area contributed by atoms with Gasteiger partial charge in [-0.1, -0.05) is 12.1 Å². The molecule has 1 aliphatic heterocycles. The monoisotopic (exact) mass is 294 g/mol. The number of fused-ring (bicyclic) bond motifs is 1. The van der Waals surface area contributed by atoms with Crippen molar-refractivity contribution < 1.29 is 18.3 Å². The van der Waals surface area contributed by atoms with Crippen molar-refractivity contribution in [3.05, 3.63) is 29.8 Å². The minimum atomic E-state index is -3.65. The Hall–Kier alpha value is -1.89. The molecule has 20 heavy (non-hydrogen) atoms. The molecule has 0 bridgehead atoms. The van der Waals surface area contributed by atoms with E-state index in [1.54, 1.807) is 18.2 Å². The van der Waals surface area contributed by atoms with Crippen molar-refractivity contribution in [3.8, 4) is 0 Å². The number of amidine groups is 1. The SMILES string of the molecule is O=C(O)CCN(C1=NS(=O)(=O)c2ccccc21)C1CC1. The zero-order valence-corrected chi connectivity index (χ0v) is 11.5. The van der Waals surface area contributed by atoms with E-state index < -0.39 is 16.0 Å². The van der Waals surface area contributed by atoms with Crippen LogP contribution >= 0.6 is 0 Å². The Labute approximate surface area is 116 Å². The molecule has 0 unspecified atom stereocenters. The van der Waals surface area contributed by atoms with Crippen LogP contribution in [0.3, 0.4) is 0 Å². The van der Waals surface area contributed by atoms with Gasteiger partial charge < -0.3 is 10.0 Å². The van der Waals surface area contributed by atoms with Gasteiger partial charge in [0.25, 0.3) is 10.0 Å². The maximum absolute atomic E-state index is 12.0. The number of benzene rings is 1. The topological polar surface area (TPSA) is 87.0 Å². The lowest BCUT2D eigenvalue weighted by Crippen LogP contribution is -2.34. The highest BCUT2D eigenvalue weighted by molar-refractivity contribution is 7.90. The molecule has 1 saturated carbocycles. The van der Waals surface area contributed by atoms with Crippen LogP contribution in [0.4, 0.5) is 0 Å². The number of carboxylic acids is 1. The first-order valence-electron chi connectivity index (χ1n) is 6.42. The zero-order chi connectivity index (χ0) is 14.3. The van der Waals surface area contributed by atoms with Gasteiger partial charge in [0.05, 0.1) is 6.42 Å². The quantitative estimate of drug-likeness (QED) is 0.897. The smallest absolute Gasteiger partial charge is 0.305 e. The summed E-state index contributed by atoms with van der Waals surface area (Å²) in [6.07, 6.45) is 1.86. The maximum atomic E-state index is 12.0. The van der Waals surface area contributed by atoms with E-state index in [1.807, 2.05) is 4.90 Å². The number of hydrogen-bond acceptors (Lipinski definition) is 4. The highest BCUT2D eigenvalue weighted by Gasteiger charge is 2.38. The van der Waals surface area contributed by atoms with E-state index in [0.29, 0.717) is 11.4 Å². The van der Waals surface area contributed by atoms with Crippen molar-refractivity contribution in [2.45, 2.75) is 30.2 Å². The van der Waals surface area contributed by atoms with Crippen LogP contribution in [0.25, 0.3) is 0 Å². The van der Waals surface area contributed by atoms with Crippen LogP contribution in [0.5, 0.6) is 0 Å². The number of sulfonamides is 1. The van der Waals surface area contributed by atoms with E-state index >= 15 is 0 Å². The van der Waals surface area contributed by atoms with Gasteiger partial charge in [-0.2, -0.15) is 8.42 Å². The average molecular weight is 294 g/mol. The summed E-state index contributed by atoms with van der Waals surface area (Å²) < 4.78 is 27.9. The minimum Gasteiger partial charge on any atom is -0.481 e. The number of carbonyl (C=O) groups is 1. The molecule has 1 aromatic carbocycles. The van der Waals surface area contributed by atoms with Crippen molar-refractivity contribution in [2.75, 3.05) is 6.54 Å². The van der Waals surface area contributed by atoms with E-state index in [4.69, 9.17) is 5.11 Å². The van der Waals surface area contributed by atoms with Crippen LogP contribution in [-0.4, -0.2) is 42.8 Å². The van der Waals surface area contributed by atoms with E-state index in [9.17, 15) is 13.2 Å². The molecule has 7 heteroatoms. The highest BCUT2D eigenvalue weighted by Crippen LogP contribution is 2.34. The number of aliphatic carboxylic acids is 1. The number of rotatable bonds is 4. The van der Waals surface area contributed by atoms with Crippen LogP contribution in [0.1, 0.15) is 24.8 Å². The van der Waals surface area contributed by atoms with Crippen molar-refractivity contribution >= 4 is 21.8 Å². The Kier molecular flexibility index (Phi) is 3.01. The van der Waals surface area contributed by atoms with E-state index in [1.165, 1.54) is 6.07 Å². The fourth-order valence-corrected chi connectivity index (χ4v) is 3.58. The second-order valence-electron chi connectivity index (χ2n) is 4.95. The number of nitrogens with zero attached hydrogens (tertiary/aromatic N) is 2. The molecule has 0 atom stereocenters. The van der Waals surface area contributed by atoms with Gasteiger partial charge in [-0.25, -0.2) is 0 Å². The third-order valence-corrected chi connectivity index (χ3v) is 4.76. The van der Waals surface area contributed by atoms with Gasteiger partial charge in [-0.15, -0.1) is 4.40 Å². The van der Waals surface area contributed by atoms with Gasteiger partial charge in [-0.05, 0) is 25.0 Å². The first-order valence-corrected chi connectivity index (χ1v) is 7.86. The third-order valence-electron chi connectivity index (χ3n) is 3.44. The normalized spacial score (nSPS) is 19.3. The van der Waals surface area contributed by atoms with Gasteiger partial charge in [0, 0.05) is 18.2 Å². The van der Waals surface area contributed by atoms with Crippen molar-refractivity contribution in [1.29, 1.82) is 0 Å². The molecule has 1 aromatic rings. The summed E-state index contributed by atoms with van der Waals surface area (Å²) in [7, 11) is -3.65. The van der Waals surface area contributed by atoms with Gasteiger partial charge in [0.1, 0.15) is 4.90 Å². The Morgan fingerprint density at radius 3 is 2.70 bits per heavy atom. The van der Waals surface area contributed by atoms with Gasteiger partial charge in [0.15, 0.2) is 5.84 Å². The molecule has 6 nitrogen and oxygen atoms in total. The van der Waals surface area contributed by atoms with Crippen molar-refractivity contribution in [1.82, 2.24) is 4.90 Å². The molecule has 0 spiro atoms. The van der Waals surface area contributed by atoms with Crippen LogP contribution in [0, 0.1) is 0 Å². The summed E-state index contributed by atoms with van der Waals surface area (Å²) >= 11 is 0. The summed E-state index contributed by atoms with van der Waals surface area (Å²) in [4.78, 5) is 12.8. The second kappa shape index (κ2) is 4.59. The predicted octanol–water partition coefficient (Wildman–Crippen LogP) is 1.07. The molecule has 106 valence electrons. The van der Waals surface area contributed by atoms with Crippen LogP contribution in [0.2, 0.25) is 0 Å². The molecular formula is C13H14N2O4S. The summed E-state index contributed by atoms with van der Waals surface area (Å²) in [5.41, 5.74) is 0.574. The van der Waals surface area contributed by atoms with E-state index in [2.05, 4.69) is 4.40 Å². The first-order chi connectivity index (χ1) is 9.49. The van der Waals surface area contributed by atoms with Crippen molar-refractivity contribution in [2.24, 2.45) is 4.40 Å². The third kappa shape index (κ3) is 2.29. The molecule has 0 saturated heterocycles. The summed E-state index contributed by atoms with van der Waals surface area (Å²) in [5.74, 6) is -0.505. The molecule has 0 aromatic heterocycles. The van der Waals surface area contributed by atoms with E-state index in [-0.39, 0.29) is 23.9 Å². The summed E-state index contributed by atoms with van der Waals surface area (Å²) in [6, 6.07) is 6.87. The fourth-order valence-electron chi connectivity index (χ4n) is 2.36. The van der Waals surface area contributed by atoms with Crippen LogP contribution in [-0.2, 0) is 14.8 Å². The molecule has 1 fully saturated rings. The Morgan fingerprint density at radius 1 is 1.35 bits per heavy atom. The number of hydrogen-bond donors (Lipinski definition) is 1. The lowest BCUT2D eigenvalue weighted by Gasteiger charge is -2.23. The molecule has 1 heterocycles. The van der Waals surface area contributed by atoms with Gasteiger partial charge >= 0.3 is 5.97 Å². The Bertz CT molecular complexity index is 692. The Morgan fingerprint density at radius 2 is 2.05 bits per heavy atom.